The summed E-state index contributed by atoms with van der Waals surface area (Å²) in [6, 6.07) is 12.3. The number of hydrogen-bond acceptors (Lipinski definition) is 5. The molecule has 0 saturated carbocycles. The normalized spacial score (nSPS) is 17.9. The van der Waals surface area contributed by atoms with Crippen molar-refractivity contribution in [2.24, 2.45) is 0 Å². The molecule has 2 aromatic rings. The maximum atomic E-state index is 12.9. The summed E-state index contributed by atoms with van der Waals surface area (Å²) in [6.45, 7) is 3.64. The Morgan fingerprint density at radius 3 is 2.81 bits per heavy atom. The Hall–Kier alpha value is -3.26. The van der Waals surface area contributed by atoms with E-state index in [4.69, 9.17) is 4.74 Å². The lowest BCUT2D eigenvalue weighted by Crippen LogP contribution is -2.49. The fraction of sp³-hybridized carbons (Fsp3) is 0.261. The first-order valence-corrected chi connectivity index (χ1v) is 11.1. The van der Waals surface area contributed by atoms with Crippen molar-refractivity contribution < 1.29 is 19.1 Å². The molecule has 2 N–H and O–H groups in total. The monoisotopic (exact) mass is 437 g/mol. The van der Waals surface area contributed by atoms with Crippen LogP contribution in [-0.2, 0) is 14.3 Å². The van der Waals surface area contributed by atoms with Crippen LogP contribution in [0.5, 0.6) is 0 Å². The summed E-state index contributed by atoms with van der Waals surface area (Å²) >= 11 is 1.57. The highest BCUT2D eigenvalue weighted by Crippen LogP contribution is 2.36. The first-order valence-electron chi connectivity index (χ1n) is 9.86. The van der Waals surface area contributed by atoms with Crippen molar-refractivity contribution in [2.45, 2.75) is 24.8 Å². The van der Waals surface area contributed by atoms with Crippen molar-refractivity contribution in [3.63, 3.8) is 0 Å². The molecule has 0 unspecified atom stereocenters. The van der Waals surface area contributed by atoms with E-state index in [1.807, 2.05) is 56.5 Å². The Morgan fingerprint density at radius 2 is 2.03 bits per heavy atom. The zero-order valence-electron chi connectivity index (χ0n) is 17.5. The number of carbonyl (C=O) groups is 3. The highest BCUT2D eigenvalue weighted by Gasteiger charge is 2.43. The summed E-state index contributed by atoms with van der Waals surface area (Å²) in [5.74, 6) is -0.830. The van der Waals surface area contributed by atoms with Crippen molar-refractivity contribution >= 4 is 35.4 Å². The predicted octanol–water partition coefficient (Wildman–Crippen LogP) is 3.54. The van der Waals surface area contributed by atoms with E-state index in [-0.39, 0.29) is 19.1 Å². The van der Waals surface area contributed by atoms with E-state index in [0.717, 1.165) is 21.6 Å². The molecule has 2 aliphatic rings. The average molecular weight is 438 g/mol. The molecule has 160 valence electrons. The molecule has 7 nitrogen and oxygen atoms in total. The maximum Gasteiger partial charge on any atom is 0.338 e. The molecule has 8 heteroatoms. The highest BCUT2D eigenvalue weighted by atomic mass is 32.2. The molecule has 2 heterocycles. The van der Waals surface area contributed by atoms with Crippen LogP contribution in [0.4, 0.5) is 10.5 Å². The van der Waals surface area contributed by atoms with Crippen LogP contribution in [0.15, 0.2) is 58.6 Å². The molecular weight excluding hydrogens is 414 g/mol. The number of amides is 3. The Labute approximate surface area is 184 Å². The van der Waals surface area contributed by atoms with Gasteiger partial charge in [0.15, 0.2) is 0 Å². The van der Waals surface area contributed by atoms with E-state index in [9.17, 15) is 14.4 Å². The number of carbonyl (C=O) groups excluding carboxylic acids is 3. The van der Waals surface area contributed by atoms with Gasteiger partial charge in [0.05, 0.1) is 17.3 Å². The second kappa shape index (κ2) is 8.47. The molecule has 1 atom stereocenters. The molecule has 2 aliphatic heterocycles. The molecule has 31 heavy (non-hydrogen) atoms. The van der Waals surface area contributed by atoms with Gasteiger partial charge in [-0.25, -0.2) is 9.59 Å². The largest absolute Gasteiger partial charge is 0.456 e. The summed E-state index contributed by atoms with van der Waals surface area (Å²) in [7, 11) is 0. The fourth-order valence-corrected chi connectivity index (χ4v) is 4.29. The van der Waals surface area contributed by atoms with Gasteiger partial charge in [0.1, 0.15) is 13.2 Å². The number of nitrogens with zero attached hydrogens (tertiary/aromatic N) is 1. The molecule has 2 aromatic carbocycles. The number of cyclic esters (lactones) is 1. The number of nitrogens with one attached hydrogen (secondary N) is 2. The van der Waals surface area contributed by atoms with Crippen LogP contribution >= 0.6 is 11.8 Å². The van der Waals surface area contributed by atoms with Gasteiger partial charge in [0.2, 0.25) is 5.91 Å². The zero-order chi connectivity index (χ0) is 22.1. The van der Waals surface area contributed by atoms with Crippen molar-refractivity contribution in [1.82, 2.24) is 10.2 Å². The van der Waals surface area contributed by atoms with Gasteiger partial charge < -0.3 is 15.4 Å². The third-order valence-corrected chi connectivity index (χ3v) is 6.12. The van der Waals surface area contributed by atoms with Gasteiger partial charge in [-0.1, -0.05) is 29.8 Å². The molecule has 0 aromatic heterocycles. The minimum Gasteiger partial charge on any atom is -0.456 e. The van der Waals surface area contributed by atoms with Gasteiger partial charge in [-0.15, -0.1) is 11.8 Å². The molecule has 0 aliphatic carbocycles. The van der Waals surface area contributed by atoms with Crippen molar-refractivity contribution in [3.8, 4) is 0 Å². The summed E-state index contributed by atoms with van der Waals surface area (Å²) in [5.41, 5.74) is 4.30. The number of thioether (sulfide) groups is 1. The van der Waals surface area contributed by atoms with Gasteiger partial charge in [-0.05, 0) is 49.4 Å². The van der Waals surface area contributed by atoms with E-state index in [2.05, 4.69) is 10.6 Å². The quantitative estimate of drug-likeness (QED) is 0.552. The summed E-state index contributed by atoms with van der Waals surface area (Å²) in [5, 5.41) is 5.70. The second-order valence-corrected chi connectivity index (χ2v) is 8.42. The standard InChI is InChI=1S/C23H23N3O4S/c1-13-7-8-14(2)17(9-13)21-20-18(12-30-22(20)28)26(23(29)25-21)11-19(27)24-15-5-4-6-16(10-15)31-3/h4-10,21H,11-12H2,1-3H3,(H,24,27)(H,25,29)/t21-/m0/s1. The molecule has 0 radical (unpaired) electrons. The number of rotatable bonds is 5. The number of ether oxygens (including phenoxy) is 1. The maximum absolute atomic E-state index is 12.9. The minimum absolute atomic E-state index is 0.0296. The van der Waals surface area contributed by atoms with Crippen LogP contribution < -0.4 is 10.6 Å². The van der Waals surface area contributed by atoms with E-state index in [0.29, 0.717) is 17.0 Å². The lowest BCUT2D eigenvalue weighted by molar-refractivity contribution is -0.136. The van der Waals surface area contributed by atoms with Crippen LogP contribution in [0, 0.1) is 13.8 Å². The zero-order valence-corrected chi connectivity index (χ0v) is 18.3. The average Bonchev–Trinajstić information content (AvgIpc) is 3.13. The lowest BCUT2D eigenvalue weighted by atomic mass is 9.91. The first kappa shape index (κ1) is 21.0. The number of anilines is 1. The predicted molar refractivity (Wildman–Crippen MR) is 119 cm³/mol. The smallest absolute Gasteiger partial charge is 0.338 e. The Bertz CT molecular complexity index is 1110. The van der Waals surface area contributed by atoms with Gasteiger partial charge >= 0.3 is 12.0 Å². The first-order chi connectivity index (χ1) is 14.9. The number of aryl methyl sites for hydroxylation is 2. The number of hydrogen-bond donors (Lipinski definition) is 2. The van der Waals surface area contributed by atoms with Crippen molar-refractivity contribution in [3.05, 3.63) is 70.4 Å². The van der Waals surface area contributed by atoms with Gasteiger partial charge in [0.25, 0.3) is 0 Å². The molecule has 0 spiro atoms. The Balaban J connectivity index is 1.61. The second-order valence-electron chi connectivity index (χ2n) is 7.55. The third kappa shape index (κ3) is 4.16. The third-order valence-electron chi connectivity index (χ3n) is 5.40. The van der Waals surface area contributed by atoms with Crippen molar-refractivity contribution in [2.75, 3.05) is 24.7 Å². The van der Waals surface area contributed by atoms with Crippen LogP contribution in [0.2, 0.25) is 0 Å². The van der Waals surface area contributed by atoms with Gasteiger partial charge in [0, 0.05) is 10.6 Å². The van der Waals surface area contributed by atoms with Gasteiger partial charge in [-0.2, -0.15) is 0 Å². The Kier molecular flexibility index (Phi) is 5.73. The molecule has 4 rings (SSSR count). The summed E-state index contributed by atoms with van der Waals surface area (Å²) in [6.07, 6.45) is 1.95. The van der Waals surface area contributed by atoms with Crippen LogP contribution in [0.25, 0.3) is 0 Å². The van der Waals surface area contributed by atoms with Crippen molar-refractivity contribution in [1.29, 1.82) is 0 Å². The minimum atomic E-state index is -0.602. The van der Waals surface area contributed by atoms with E-state index in [1.165, 1.54) is 4.90 Å². The van der Waals surface area contributed by atoms with Crippen LogP contribution in [0.1, 0.15) is 22.7 Å². The molecular formula is C23H23N3O4S. The lowest BCUT2D eigenvalue weighted by Gasteiger charge is -2.33. The number of benzene rings is 2. The topological polar surface area (TPSA) is 87.7 Å². The number of esters is 1. The summed E-state index contributed by atoms with van der Waals surface area (Å²) < 4.78 is 5.25. The molecule has 0 bridgehead atoms. The van der Waals surface area contributed by atoms with Crippen LogP contribution in [-0.4, -0.2) is 42.2 Å². The van der Waals surface area contributed by atoms with E-state index in [1.54, 1.807) is 17.8 Å². The molecule has 3 amide bonds. The van der Waals surface area contributed by atoms with E-state index >= 15 is 0 Å². The van der Waals surface area contributed by atoms with E-state index < -0.39 is 18.0 Å². The van der Waals surface area contributed by atoms with Gasteiger partial charge in [-0.3, -0.25) is 9.69 Å². The van der Waals surface area contributed by atoms with Crippen LogP contribution in [0.3, 0.4) is 0 Å². The summed E-state index contributed by atoms with van der Waals surface area (Å²) in [4.78, 5) is 40.4. The fourth-order valence-electron chi connectivity index (χ4n) is 3.83. The SMILES string of the molecule is CSc1cccc(NC(=O)CN2C(=O)N[C@@H](c3cc(C)ccc3C)C3=C2COC3=O)c1. The molecule has 0 fully saturated rings. The highest BCUT2D eigenvalue weighted by molar-refractivity contribution is 7.98. The number of urea groups is 1. The Morgan fingerprint density at radius 1 is 1.23 bits per heavy atom. The molecule has 0 saturated heterocycles.